The fraction of sp³-hybridized carbons (Fsp3) is 0.757. The van der Waals surface area contributed by atoms with Crippen LogP contribution in [0.1, 0.15) is 155 Å². The van der Waals surface area contributed by atoms with Gasteiger partial charge in [-0.25, -0.2) is 4.57 Å². The van der Waals surface area contributed by atoms with E-state index in [0.717, 1.165) is 57.8 Å². The van der Waals surface area contributed by atoms with Gasteiger partial charge in [-0.2, -0.15) is 0 Å². The van der Waals surface area contributed by atoms with Crippen molar-refractivity contribution in [3.8, 4) is 0 Å². The van der Waals surface area contributed by atoms with Gasteiger partial charge in [-0.1, -0.05) is 140 Å². The van der Waals surface area contributed by atoms with Crippen molar-refractivity contribution in [1.29, 1.82) is 0 Å². The number of hydrogen-bond acceptors (Lipinski definition) is 6. The molecule has 0 fully saturated rings. The fourth-order valence-corrected chi connectivity index (χ4v) is 5.17. The van der Waals surface area contributed by atoms with E-state index in [-0.39, 0.29) is 19.2 Å². The van der Waals surface area contributed by atoms with E-state index in [9.17, 15) is 14.5 Å². The van der Waals surface area contributed by atoms with E-state index < -0.39 is 20.0 Å². The van der Waals surface area contributed by atoms with E-state index in [1.165, 1.54) is 76.9 Å². The molecule has 0 heterocycles. The van der Waals surface area contributed by atoms with Gasteiger partial charge in [-0.15, -0.1) is 0 Å². The van der Waals surface area contributed by atoms with Crippen molar-refractivity contribution in [2.24, 2.45) is 0 Å². The van der Waals surface area contributed by atoms with Gasteiger partial charge in [0.15, 0.2) is 6.10 Å². The summed E-state index contributed by atoms with van der Waals surface area (Å²) in [6, 6.07) is 0. The molecule has 2 atom stereocenters. The SMILES string of the molecule is CC/C=C/CC(O)/C=C/C=C/CCCCCCCC(=O)OC[C@H](COP(=O)(O)O)O/C=C/CCCCCCCCCCCCCC. The largest absolute Gasteiger partial charge is 0.492 e. The first-order chi connectivity index (χ1) is 22.3. The number of ether oxygens (including phenoxy) is 2. The van der Waals surface area contributed by atoms with Crippen LogP contribution in [-0.2, 0) is 23.4 Å². The molecule has 0 aromatic heterocycles. The second-order valence-electron chi connectivity index (χ2n) is 12.1. The molecule has 0 aliphatic heterocycles. The highest BCUT2D eigenvalue weighted by molar-refractivity contribution is 7.46. The molecular formula is C37H67O8P. The summed E-state index contributed by atoms with van der Waals surface area (Å²) in [6.45, 7) is 3.82. The molecule has 0 spiro atoms. The maximum absolute atomic E-state index is 12.2. The Labute approximate surface area is 281 Å². The van der Waals surface area contributed by atoms with Crippen LogP contribution in [0.4, 0.5) is 0 Å². The van der Waals surface area contributed by atoms with E-state index in [0.29, 0.717) is 12.8 Å². The van der Waals surface area contributed by atoms with Crippen molar-refractivity contribution in [3.05, 3.63) is 48.8 Å². The summed E-state index contributed by atoms with van der Waals surface area (Å²) in [6.07, 6.45) is 38.1. The zero-order chi connectivity index (χ0) is 34.0. The van der Waals surface area contributed by atoms with E-state index in [1.54, 1.807) is 6.08 Å². The molecule has 0 aliphatic rings. The van der Waals surface area contributed by atoms with E-state index in [2.05, 4.69) is 30.5 Å². The van der Waals surface area contributed by atoms with Gasteiger partial charge < -0.3 is 24.4 Å². The van der Waals surface area contributed by atoms with Crippen LogP contribution in [0.15, 0.2) is 48.8 Å². The van der Waals surface area contributed by atoms with Gasteiger partial charge in [0, 0.05) is 6.42 Å². The summed E-state index contributed by atoms with van der Waals surface area (Å²) in [5, 5.41) is 9.82. The minimum absolute atomic E-state index is 0.130. The highest BCUT2D eigenvalue weighted by Gasteiger charge is 2.20. The normalized spacial score (nSPS) is 13.8. The number of phosphoric acid groups is 1. The van der Waals surface area contributed by atoms with E-state index in [4.69, 9.17) is 19.3 Å². The van der Waals surface area contributed by atoms with Crippen molar-refractivity contribution in [2.45, 2.75) is 167 Å². The summed E-state index contributed by atoms with van der Waals surface area (Å²) < 4.78 is 26.6. The molecule has 1 unspecified atom stereocenters. The minimum atomic E-state index is -4.65. The standard InChI is InChI=1S/C37H67O8P/c1-3-5-7-8-9-10-11-12-13-14-18-21-24-28-32-43-36(34-45-46(40,41)42)33-44-37(39)31-27-23-20-17-15-16-19-22-26-30-35(38)29-25-6-4-2/h6,19,22,25-26,28,30,32,35-36,38H,3-5,7-18,20-21,23-24,27,29,31,33-34H2,1-2H3,(H2,40,41,42)/b22-19+,25-6+,30-26+,32-28+/t35?,36-/m1/s1. The van der Waals surface area contributed by atoms with Gasteiger partial charge in [0.05, 0.1) is 19.0 Å². The number of aliphatic hydroxyl groups is 1. The lowest BCUT2D eigenvalue weighted by Crippen LogP contribution is -2.25. The Bertz CT molecular complexity index is 848. The Hall–Kier alpha value is -1.70. The van der Waals surface area contributed by atoms with Crippen LogP contribution in [0.25, 0.3) is 0 Å². The van der Waals surface area contributed by atoms with Crippen LogP contribution in [-0.4, -0.2) is 46.3 Å². The monoisotopic (exact) mass is 670 g/mol. The molecule has 0 aromatic carbocycles. The lowest BCUT2D eigenvalue weighted by molar-refractivity contribution is -0.147. The van der Waals surface area contributed by atoms with Crippen LogP contribution in [0, 0.1) is 0 Å². The number of unbranched alkanes of at least 4 members (excludes halogenated alkanes) is 17. The van der Waals surface area contributed by atoms with Crippen molar-refractivity contribution in [3.63, 3.8) is 0 Å². The minimum Gasteiger partial charge on any atom is -0.492 e. The second kappa shape index (κ2) is 33.2. The molecule has 8 nitrogen and oxygen atoms in total. The van der Waals surface area contributed by atoms with Crippen molar-refractivity contribution in [2.75, 3.05) is 13.2 Å². The molecule has 0 aromatic rings. The predicted octanol–water partition coefficient (Wildman–Crippen LogP) is 10.2. The number of allylic oxidation sites excluding steroid dienone is 5. The van der Waals surface area contributed by atoms with Crippen molar-refractivity contribution < 1.29 is 38.3 Å². The summed E-state index contributed by atoms with van der Waals surface area (Å²) in [5.74, 6) is -0.354. The average molecular weight is 671 g/mol. The smallest absolute Gasteiger partial charge is 0.469 e. The van der Waals surface area contributed by atoms with Gasteiger partial charge in [-0.3, -0.25) is 9.32 Å². The molecule has 0 rings (SSSR count). The van der Waals surface area contributed by atoms with Gasteiger partial charge in [0.25, 0.3) is 0 Å². The molecule has 0 aliphatic carbocycles. The first-order valence-electron chi connectivity index (χ1n) is 18.1. The lowest BCUT2D eigenvalue weighted by atomic mass is 10.0. The molecule has 46 heavy (non-hydrogen) atoms. The Morgan fingerprint density at radius 2 is 1.26 bits per heavy atom. The van der Waals surface area contributed by atoms with Gasteiger partial charge in [-0.05, 0) is 51.0 Å². The number of esters is 1. The highest BCUT2D eigenvalue weighted by Crippen LogP contribution is 2.35. The van der Waals surface area contributed by atoms with Crippen LogP contribution >= 0.6 is 7.82 Å². The molecule has 268 valence electrons. The number of carbonyl (C=O) groups is 1. The third-order valence-corrected chi connectivity index (χ3v) is 8.05. The lowest BCUT2D eigenvalue weighted by Gasteiger charge is -2.17. The van der Waals surface area contributed by atoms with Crippen LogP contribution in [0.2, 0.25) is 0 Å². The first kappa shape index (κ1) is 44.3. The molecular weight excluding hydrogens is 603 g/mol. The summed E-state index contributed by atoms with van der Waals surface area (Å²) in [4.78, 5) is 30.3. The molecule has 0 saturated heterocycles. The highest BCUT2D eigenvalue weighted by atomic mass is 31.2. The zero-order valence-electron chi connectivity index (χ0n) is 29.1. The number of hydrogen-bond donors (Lipinski definition) is 3. The van der Waals surface area contributed by atoms with Crippen molar-refractivity contribution in [1.82, 2.24) is 0 Å². The summed E-state index contributed by atoms with van der Waals surface area (Å²) in [5.41, 5.74) is 0. The molecule has 0 amide bonds. The molecule has 3 N–H and O–H groups in total. The number of aliphatic hydroxyl groups excluding tert-OH is 1. The van der Waals surface area contributed by atoms with Crippen LogP contribution in [0.3, 0.4) is 0 Å². The topological polar surface area (TPSA) is 123 Å². The first-order valence-corrected chi connectivity index (χ1v) is 19.6. The predicted molar refractivity (Wildman–Crippen MR) is 189 cm³/mol. The fourth-order valence-electron chi connectivity index (χ4n) is 4.81. The number of carbonyl (C=O) groups excluding carboxylic acids is 1. The third-order valence-electron chi connectivity index (χ3n) is 7.56. The molecule has 0 saturated carbocycles. The second-order valence-corrected chi connectivity index (χ2v) is 13.3. The quantitative estimate of drug-likeness (QED) is 0.0157. The van der Waals surface area contributed by atoms with Crippen LogP contribution in [0.5, 0.6) is 0 Å². The molecule has 0 bridgehead atoms. The Kier molecular flexibility index (Phi) is 32.0. The number of phosphoric ester groups is 1. The Balaban J connectivity index is 3.98. The molecule has 0 radical (unpaired) electrons. The van der Waals surface area contributed by atoms with E-state index in [1.807, 2.05) is 24.3 Å². The summed E-state index contributed by atoms with van der Waals surface area (Å²) >= 11 is 0. The average Bonchev–Trinajstić information content (AvgIpc) is 3.02. The Morgan fingerprint density at radius 3 is 1.85 bits per heavy atom. The van der Waals surface area contributed by atoms with Crippen LogP contribution < -0.4 is 0 Å². The Morgan fingerprint density at radius 1 is 0.696 bits per heavy atom. The number of rotatable bonds is 33. The molecule has 9 heteroatoms. The van der Waals surface area contributed by atoms with Gasteiger partial charge in [0.1, 0.15) is 6.61 Å². The maximum atomic E-state index is 12.2. The summed E-state index contributed by atoms with van der Waals surface area (Å²) in [7, 11) is -4.65. The zero-order valence-corrected chi connectivity index (χ0v) is 30.0. The van der Waals surface area contributed by atoms with Gasteiger partial charge in [0.2, 0.25) is 0 Å². The van der Waals surface area contributed by atoms with Gasteiger partial charge >= 0.3 is 13.8 Å². The third kappa shape index (κ3) is 35.2. The van der Waals surface area contributed by atoms with E-state index >= 15 is 0 Å². The van der Waals surface area contributed by atoms with Crippen molar-refractivity contribution >= 4 is 13.8 Å². The maximum Gasteiger partial charge on any atom is 0.469 e.